The van der Waals surface area contributed by atoms with Crippen LogP contribution >= 0.6 is 15.9 Å². The number of halogens is 1. The third kappa shape index (κ3) is 2.43. The fourth-order valence-electron chi connectivity index (χ4n) is 2.75. The van der Waals surface area contributed by atoms with Crippen molar-refractivity contribution in [1.29, 1.82) is 0 Å². The average Bonchev–Trinajstić information content (AvgIpc) is 2.97. The predicted octanol–water partition coefficient (Wildman–Crippen LogP) is 4.76. The minimum atomic E-state index is 0.797. The first-order valence-electron chi connectivity index (χ1n) is 7.24. The van der Waals surface area contributed by atoms with Crippen molar-refractivity contribution in [3.63, 3.8) is 0 Å². The van der Waals surface area contributed by atoms with Gasteiger partial charge in [0.25, 0.3) is 0 Å². The molecule has 0 aliphatic rings. The number of hydrogen-bond acceptors (Lipinski definition) is 3. The van der Waals surface area contributed by atoms with E-state index in [1.54, 1.807) is 12.4 Å². The van der Waals surface area contributed by atoms with Gasteiger partial charge in [-0.3, -0.25) is 9.97 Å². The highest BCUT2D eigenvalue weighted by Gasteiger charge is 2.18. The molecule has 0 saturated carbocycles. The molecule has 0 atom stereocenters. The molecule has 1 N–H and O–H groups in total. The van der Waals surface area contributed by atoms with Crippen molar-refractivity contribution in [3.05, 3.63) is 65.2 Å². The van der Waals surface area contributed by atoms with Crippen molar-refractivity contribution in [2.75, 3.05) is 0 Å². The Labute approximate surface area is 141 Å². The molecule has 0 aliphatic heterocycles. The lowest BCUT2D eigenvalue weighted by Crippen LogP contribution is -1.87. The highest BCUT2D eigenvalue weighted by molar-refractivity contribution is 9.10. The second kappa shape index (κ2) is 5.59. The van der Waals surface area contributed by atoms with Gasteiger partial charge in [-0.1, -0.05) is 6.07 Å². The Morgan fingerprint density at radius 1 is 0.957 bits per heavy atom. The van der Waals surface area contributed by atoms with Gasteiger partial charge < -0.3 is 4.98 Å². The van der Waals surface area contributed by atoms with Crippen molar-refractivity contribution in [2.24, 2.45) is 0 Å². The van der Waals surface area contributed by atoms with Crippen LogP contribution in [-0.4, -0.2) is 19.9 Å². The van der Waals surface area contributed by atoms with Crippen molar-refractivity contribution >= 4 is 27.0 Å². The molecule has 0 spiro atoms. The third-order valence-electron chi connectivity index (χ3n) is 3.83. The van der Waals surface area contributed by atoms with Crippen molar-refractivity contribution in [1.82, 2.24) is 19.9 Å². The number of pyridine rings is 3. The van der Waals surface area contributed by atoms with Crippen LogP contribution in [0.2, 0.25) is 0 Å². The van der Waals surface area contributed by atoms with Crippen molar-refractivity contribution in [2.45, 2.75) is 6.92 Å². The molecule has 4 rings (SSSR count). The molecule has 23 heavy (non-hydrogen) atoms. The van der Waals surface area contributed by atoms with E-state index in [1.165, 1.54) is 0 Å². The van der Waals surface area contributed by atoms with E-state index in [0.717, 1.165) is 43.7 Å². The SMILES string of the molecule is Cc1ccnc2c(-c3ccccn3)c(-c3ccnc(Br)c3)[nH]c12. The van der Waals surface area contributed by atoms with Gasteiger partial charge in [-0.05, 0) is 58.7 Å². The lowest BCUT2D eigenvalue weighted by molar-refractivity contribution is 1.27. The van der Waals surface area contributed by atoms with E-state index in [-0.39, 0.29) is 0 Å². The topological polar surface area (TPSA) is 54.5 Å². The summed E-state index contributed by atoms with van der Waals surface area (Å²) in [6, 6.07) is 11.9. The van der Waals surface area contributed by atoms with Crippen LogP contribution in [-0.2, 0) is 0 Å². The van der Waals surface area contributed by atoms with Gasteiger partial charge in [0.05, 0.1) is 28.0 Å². The van der Waals surface area contributed by atoms with Gasteiger partial charge in [0.2, 0.25) is 0 Å². The molecular weight excluding hydrogens is 352 g/mol. The smallest absolute Gasteiger partial charge is 0.106 e. The van der Waals surface area contributed by atoms with E-state index in [1.807, 2.05) is 42.6 Å². The van der Waals surface area contributed by atoms with Crippen LogP contribution in [0.1, 0.15) is 5.56 Å². The molecule has 112 valence electrons. The minimum absolute atomic E-state index is 0.797. The van der Waals surface area contributed by atoms with Gasteiger partial charge >= 0.3 is 0 Å². The summed E-state index contributed by atoms with van der Waals surface area (Å²) in [4.78, 5) is 16.8. The number of aromatic nitrogens is 4. The molecule has 0 amide bonds. The number of fused-ring (bicyclic) bond motifs is 1. The first kappa shape index (κ1) is 14.1. The van der Waals surface area contributed by atoms with Crippen LogP contribution in [0.4, 0.5) is 0 Å². The second-order valence-electron chi connectivity index (χ2n) is 5.31. The highest BCUT2D eigenvalue weighted by atomic mass is 79.9. The molecule has 4 nitrogen and oxygen atoms in total. The fraction of sp³-hybridized carbons (Fsp3) is 0.0556. The van der Waals surface area contributed by atoms with Gasteiger partial charge in [0.15, 0.2) is 0 Å². The highest BCUT2D eigenvalue weighted by Crippen LogP contribution is 2.37. The number of rotatable bonds is 2. The molecule has 4 aromatic heterocycles. The summed E-state index contributed by atoms with van der Waals surface area (Å²) in [5, 5.41) is 0. The molecule has 0 unspecified atom stereocenters. The molecule has 0 aromatic carbocycles. The molecule has 0 bridgehead atoms. The van der Waals surface area contributed by atoms with E-state index >= 15 is 0 Å². The first-order valence-corrected chi connectivity index (χ1v) is 8.04. The summed E-state index contributed by atoms with van der Waals surface area (Å²) >= 11 is 3.44. The van der Waals surface area contributed by atoms with Crippen LogP contribution in [0, 0.1) is 6.92 Å². The summed E-state index contributed by atoms with van der Waals surface area (Å²) in [5.41, 5.74) is 7.10. The third-order valence-corrected chi connectivity index (χ3v) is 4.27. The first-order chi connectivity index (χ1) is 11.2. The zero-order valence-electron chi connectivity index (χ0n) is 12.4. The lowest BCUT2D eigenvalue weighted by atomic mass is 10.0. The Kier molecular flexibility index (Phi) is 3.42. The van der Waals surface area contributed by atoms with Crippen LogP contribution in [0.5, 0.6) is 0 Å². The average molecular weight is 365 g/mol. The molecule has 0 fully saturated rings. The van der Waals surface area contributed by atoms with Gasteiger partial charge in [-0.2, -0.15) is 0 Å². The van der Waals surface area contributed by atoms with Gasteiger partial charge in [-0.25, -0.2) is 4.98 Å². The van der Waals surface area contributed by atoms with E-state index in [2.05, 4.69) is 42.8 Å². The number of aromatic amines is 1. The maximum Gasteiger partial charge on any atom is 0.106 e. The lowest BCUT2D eigenvalue weighted by Gasteiger charge is -2.04. The number of hydrogen-bond donors (Lipinski definition) is 1. The Morgan fingerprint density at radius 3 is 2.61 bits per heavy atom. The summed E-state index contributed by atoms with van der Waals surface area (Å²) < 4.78 is 0.797. The quantitative estimate of drug-likeness (QED) is 0.521. The van der Waals surface area contributed by atoms with Crippen LogP contribution in [0.25, 0.3) is 33.5 Å². The predicted molar refractivity (Wildman–Crippen MR) is 95.0 cm³/mol. The standard InChI is InChI=1S/C18H13BrN4/c1-11-5-8-22-18-15(13-4-2-3-7-20-13)17(23-16(11)18)12-6-9-21-14(19)10-12/h2-10,23H,1H3. The van der Waals surface area contributed by atoms with Gasteiger partial charge in [0, 0.05) is 24.2 Å². The van der Waals surface area contributed by atoms with Crippen molar-refractivity contribution < 1.29 is 0 Å². The van der Waals surface area contributed by atoms with Crippen molar-refractivity contribution in [3.8, 4) is 22.5 Å². The maximum absolute atomic E-state index is 4.59. The van der Waals surface area contributed by atoms with E-state index < -0.39 is 0 Å². The van der Waals surface area contributed by atoms with Gasteiger partial charge in [-0.15, -0.1) is 0 Å². The molecule has 0 saturated heterocycles. The number of aryl methyl sites for hydroxylation is 1. The number of nitrogens with one attached hydrogen (secondary N) is 1. The summed E-state index contributed by atoms with van der Waals surface area (Å²) in [6.07, 6.45) is 5.42. The molecule has 0 radical (unpaired) electrons. The normalized spacial score (nSPS) is 11.0. The van der Waals surface area contributed by atoms with Crippen LogP contribution < -0.4 is 0 Å². The Morgan fingerprint density at radius 2 is 1.83 bits per heavy atom. The second-order valence-corrected chi connectivity index (χ2v) is 6.12. The Hall–Kier alpha value is -2.53. The van der Waals surface area contributed by atoms with Crippen LogP contribution in [0.15, 0.2) is 59.6 Å². The molecule has 5 heteroatoms. The summed E-state index contributed by atoms with van der Waals surface area (Å²) in [5.74, 6) is 0. The zero-order chi connectivity index (χ0) is 15.8. The monoisotopic (exact) mass is 364 g/mol. The molecule has 0 aliphatic carbocycles. The number of nitrogens with zero attached hydrogens (tertiary/aromatic N) is 3. The van der Waals surface area contributed by atoms with E-state index in [4.69, 9.17) is 0 Å². The minimum Gasteiger partial charge on any atom is -0.352 e. The summed E-state index contributed by atoms with van der Waals surface area (Å²) in [6.45, 7) is 2.08. The molecule has 4 aromatic rings. The maximum atomic E-state index is 4.59. The Bertz CT molecular complexity index is 993. The molecular formula is C18H13BrN4. The summed E-state index contributed by atoms with van der Waals surface area (Å²) in [7, 11) is 0. The largest absolute Gasteiger partial charge is 0.352 e. The fourth-order valence-corrected chi connectivity index (χ4v) is 3.11. The molecule has 4 heterocycles. The Balaban J connectivity index is 2.09. The van der Waals surface area contributed by atoms with Gasteiger partial charge in [0.1, 0.15) is 4.60 Å². The zero-order valence-corrected chi connectivity index (χ0v) is 14.0. The van der Waals surface area contributed by atoms with Crippen LogP contribution in [0.3, 0.4) is 0 Å². The van der Waals surface area contributed by atoms with E-state index in [9.17, 15) is 0 Å². The number of H-pyrrole nitrogens is 1. The van der Waals surface area contributed by atoms with E-state index in [0.29, 0.717) is 0 Å².